The van der Waals surface area contributed by atoms with Gasteiger partial charge in [-0.05, 0) is 36.2 Å². The van der Waals surface area contributed by atoms with Crippen molar-refractivity contribution in [2.24, 2.45) is 0 Å². The summed E-state index contributed by atoms with van der Waals surface area (Å²) in [5.74, 6) is 1.19. The summed E-state index contributed by atoms with van der Waals surface area (Å²) in [7, 11) is 1.68. The monoisotopic (exact) mass is 393 g/mol. The van der Waals surface area contributed by atoms with Crippen LogP contribution in [0.2, 0.25) is 0 Å². The minimum atomic E-state index is 0.148. The van der Waals surface area contributed by atoms with Gasteiger partial charge < -0.3 is 19.4 Å². The van der Waals surface area contributed by atoms with E-state index in [1.165, 1.54) is 0 Å². The van der Waals surface area contributed by atoms with Gasteiger partial charge in [0.05, 0.1) is 19.2 Å². The van der Waals surface area contributed by atoms with E-state index in [4.69, 9.17) is 4.74 Å². The molecule has 4 rings (SSSR count). The number of ether oxygens (including phenoxy) is 1. The second-order valence-electron chi connectivity index (χ2n) is 7.53. The molecule has 0 aromatic heterocycles. The van der Waals surface area contributed by atoms with E-state index in [1.807, 2.05) is 52.3 Å². The quantitative estimate of drug-likeness (QED) is 0.784. The first-order chi connectivity index (χ1) is 14.2. The molecule has 2 saturated heterocycles. The Bertz CT molecular complexity index is 873. The second kappa shape index (κ2) is 8.55. The van der Waals surface area contributed by atoms with Crippen LogP contribution < -0.4 is 14.5 Å². The summed E-state index contributed by atoms with van der Waals surface area (Å²) in [6.45, 7) is 3.78. The maximum atomic E-state index is 12.7. The van der Waals surface area contributed by atoms with Gasteiger partial charge in [0, 0.05) is 44.8 Å². The Balaban J connectivity index is 1.32. The fourth-order valence-electron chi connectivity index (χ4n) is 4.09. The van der Waals surface area contributed by atoms with Crippen molar-refractivity contribution in [1.29, 1.82) is 0 Å². The Hall–Kier alpha value is -3.02. The molecule has 2 amide bonds. The molecular formula is C23H27N3O3. The van der Waals surface area contributed by atoms with Crippen LogP contribution in [0.15, 0.2) is 48.5 Å². The van der Waals surface area contributed by atoms with Crippen LogP contribution in [0.1, 0.15) is 18.4 Å². The van der Waals surface area contributed by atoms with E-state index in [9.17, 15) is 9.59 Å². The predicted molar refractivity (Wildman–Crippen MR) is 114 cm³/mol. The Morgan fingerprint density at radius 3 is 2.34 bits per heavy atom. The average Bonchev–Trinajstić information content (AvgIpc) is 3.20. The summed E-state index contributed by atoms with van der Waals surface area (Å²) in [5, 5.41) is 0. The van der Waals surface area contributed by atoms with Gasteiger partial charge in [0.2, 0.25) is 11.8 Å². The first-order valence-electron chi connectivity index (χ1n) is 10.2. The zero-order valence-electron chi connectivity index (χ0n) is 16.8. The van der Waals surface area contributed by atoms with Gasteiger partial charge in [-0.3, -0.25) is 9.59 Å². The highest BCUT2D eigenvalue weighted by Gasteiger charge is 2.24. The molecular weight excluding hydrogens is 366 g/mol. The molecule has 0 unspecified atom stereocenters. The number of carbonyl (C=O) groups is 2. The first-order valence-corrected chi connectivity index (χ1v) is 10.2. The smallest absolute Gasteiger partial charge is 0.227 e. The number of anilines is 2. The number of nitrogens with zero attached hydrogens (tertiary/aromatic N) is 3. The number of rotatable bonds is 5. The van der Waals surface area contributed by atoms with Gasteiger partial charge in [-0.25, -0.2) is 0 Å². The molecule has 2 heterocycles. The van der Waals surface area contributed by atoms with Crippen LogP contribution in [0, 0.1) is 0 Å². The molecule has 0 atom stereocenters. The van der Waals surface area contributed by atoms with Gasteiger partial charge in [-0.1, -0.05) is 24.3 Å². The standard InChI is InChI=1S/C23H27N3O3/c1-29-21-6-3-2-5-20(21)24-13-15-25(16-14-24)23(28)17-18-8-10-19(11-9-18)26-12-4-7-22(26)27/h2-3,5-6,8-11H,4,7,12-17H2,1H3. The predicted octanol–water partition coefficient (Wildman–Crippen LogP) is 2.71. The van der Waals surface area contributed by atoms with Crippen molar-refractivity contribution in [3.05, 3.63) is 54.1 Å². The van der Waals surface area contributed by atoms with E-state index in [2.05, 4.69) is 11.0 Å². The van der Waals surface area contributed by atoms with Gasteiger partial charge in [-0.2, -0.15) is 0 Å². The molecule has 0 N–H and O–H groups in total. The molecule has 6 nitrogen and oxygen atoms in total. The number of piperazine rings is 1. The number of para-hydroxylation sites is 2. The van der Waals surface area contributed by atoms with Crippen molar-refractivity contribution >= 4 is 23.2 Å². The van der Waals surface area contributed by atoms with Crippen LogP contribution in [0.4, 0.5) is 11.4 Å². The first kappa shape index (κ1) is 19.3. The van der Waals surface area contributed by atoms with Crippen molar-refractivity contribution in [1.82, 2.24) is 4.90 Å². The molecule has 2 aliphatic rings. The lowest BCUT2D eigenvalue weighted by Gasteiger charge is -2.36. The highest BCUT2D eigenvalue weighted by atomic mass is 16.5. The van der Waals surface area contributed by atoms with E-state index in [1.54, 1.807) is 7.11 Å². The largest absolute Gasteiger partial charge is 0.495 e. The van der Waals surface area contributed by atoms with Crippen molar-refractivity contribution in [3.63, 3.8) is 0 Å². The van der Waals surface area contributed by atoms with E-state index in [0.29, 0.717) is 25.9 Å². The lowest BCUT2D eigenvalue weighted by molar-refractivity contribution is -0.130. The summed E-state index contributed by atoms with van der Waals surface area (Å²) in [5.41, 5.74) is 2.99. The lowest BCUT2D eigenvalue weighted by Crippen LogP contribution is -2.49. The van der Waals surface area contributed by atoms with E-state index in [0.717, 1.165) is 48.7 Å². The second-order valence-corrected chi connectivity index (χ2v) is 7.53. The van der Waals surface area contributed by atoms with E-state index >= 15 is 0 Å². The van der Waals surface area contributed by atoms with Gasteiger partial charge in [0.15, 0.2) is 0 Å². The average molecular weight is 393 g/mol. The van der Waals surface area contributed by atoms with E-state index < -0.39 is 0 Å². The van der Waals surface area contributed by atoms with Crippen LogP contribution in [-0.2, 0) is 16.0 Å². The SMILES string of the molecule is COc1ccccc1N1CCN(C(=O)Cc2ccc(N3CCCC3=O)cc2)CC1. The molecule has 0 aliphatic carbocycles. The highest BCUT2D eigenvalue weighted by molar-refractivity contribution is 5.95. The molecule has 2 aromatic rings. The van der Waals surface area contributed by atoms with E-state index in [-0.39, 0.29) is 11.8 Å². The summed E-state index contributed by atoms with van der Waals surface area (Å²) < 4.78 is 5.46. The van der Waals surface area contributed by atoms with Gasteiger partial charge in [0.1, 0.15) is 5.75 Å². The fraction of sp³-hybridized carbons (Fsp3) is 0.391. The third-order valence-corrected chi connectivity index (χ3v) is 5.74. The van der Waals surface area contributed by atoms with Crippen LogP contribution in [0.25, 0.3) is 0 Å². The number of benzene rings is 2. The van der Waals surface area contributed by atoms with Crippen molar-refractivity contribution in [3.8, 4) is 5.75 Å². The normalized spacial score (nSPS) is 17.0. The summed E-state index contributed by atoms with van der Waals surface area (Å²) in [6.07, 6.45) is 1.93. The van der Waals surface area contributed by atoms with Crippen LogP contribution in [-0.4, -0.2) is 56.5 Å². The highest BCUT2D eigenvalue weighted by Crippen LogP contribution is 2.28. The number of hydrogen-bond donors (Lipinski definition) is 0. The third kappa shape index (κ3) is 4.21. The van der Waals surface area contributed by atoms with Crippen LogP contribution in [0.3, 0.4) is 0 Å². The molecule has 6 heteroatoms. The third-order valence-electron chi connectivity index (χ3n) is 5.74. The molecule has 2 fully saturated rings. The molecule has 2 aromatic carbocycles. The molecule has 29 heavy (non-hydrogen) atoms. The Morgan fingerprint density at radius 2 is 1.69 bits per heavy atom. The zero-order chi connectivity index (χ0) is 20.2. The fourth-order valence-corrected chi connectivity index (χ4v) is 4.09. The molecule has 0 bridgehead atoms. The maximum Gasteiger partial charge on any atom is 0.227 e. The zero-order valence-corrected chi connectivity index (χ0v) is 16.8. The number of hydrogen-bond acceptors (Lipinski definition) is 4. The number of carbonyl (C=O) groups excluding carboxylic acids is 2. The Morgan fingerprint density at radius 1 is 0.966 bits per heavy atom. The molecule has 0 saturated carbocycles. The topological polar surface area (TPSA) is 53.1 Å². The van der Waals surface area contributed by atoms with Gasteiger partial charge in [0.25, 0.3) is 0 Å². The molecule has 152 valence electrons. The summed E-state index contributed by atoms with van der Waals surface area (Å²) in [6, 6.07) is 15.8. The molecule has 0 spiro atoms. The van der Waals surface area contributed by atoms with Gasteiger partial charge in [-0.15, -0.1) is 0 Å². The van der Waals surface area contributed by atoms with Crippen LogP contribution in [0.5, 0.6) is 5.75 Å². The summed E-state index contributed by atoms with van der Waals surface area (Å²) in [4.78, 5) is 30.6. The lowest BCUT2D eigenvalue weighted by atomic mass is 10.1. The maximum absolute atomic E-state index is 12.7. The minimum absolute atomic E-state index is 0.148. The number of methoxy groups -OCH3 is 1. The van der Waals surface area contributed by atoms with Crippen molar-refractivity contribution < 1.29 is 14.3 Å². The van der Waals surface area contributed by atoms with Crippen molar-refractivity contribution in [2.45, 2.75) is 19.3 Å². The summed E-state index contributed by atoms with van der Waals surface area (Å²) >= 11 is 0. The minimum Gasteiger partial charge on any atom is -0.495 e. The Labute approximate surface area is 171 Å². The number of amides is 2. The van der Waals surface area contributed by atoms with Crippen LogP contribution >= 0.6 is 0 Å². The molecule has 0 radical (unpaired) electrons. The molecule has 2 aliphatic heterocycles. The Kier molecular flexibility index (Phi) is 5.69. The van der Waals surface area contributed by atoms with Crippen molar-refractivity contribution in [2.75, 3.05) is 49.6 Å². The van der Waals surface area contributed by atoms with Gasteiger partial charge >= 0.3 is 0 Å².